The van der Waals surface area contributed by atoms with E-state index in [1.807, 2.05) is 0 Å². The molecule has 12 heavy (non-hydrogen) atoms. The summed E-state index contributed by atoms with van der Waals surface area (Å²) in [5.41, 5.74) is 5.01. The summed E-state index contributed by atoms with van der Waals surface area (Å²) in [5.74, 6) is -0.149. The number of hydrogen-bond acceptors (Lipinski definition) is 4. The molecule has 7 heteroatoms. The third-order valence-electron chi connectivity index (χ3n) is 1.16. The number of carbonyl (C=O) groups excluding carboxylic acids is 1. The van der Waals surface area contributed by atoms with E-state index in [1.165, 1.54) is 6.92 Å². The number of carbonyl (C=O) groups is 1. The Morgan fingerprint density at radius 1 is 1.67 bits per heavy atom. The molecule has 70 valence electrons. The van der Waals surface area contributed by atoms with Crippen LogP contribution >= 0.6 is 0 Å². The van der Waals surface area contributed by atoms with E-state index in [1.54, 1.807) is 0 Å². The molecular formula is C5H13CaNO4S. The standard InChI is InChI=1S/C5H11NO4S.Ca.2H/c1-4(7)2-3-5(6)11(8,9)10;;;/h5H,2-3,6H2,1H3,(H,8,9,10);;;/q;+2;2*-1. The van der Waals surface area contributed by atoms with Gasteiger partial charge in [-0.25, -0.2) is 0 Å². The molecular weight excluding hydrogens is 210 g/mol. The summed E-state index contributed by atoms with van der Waals surface area (Å²) in [6.07, 6.45) is 0.0368. The quantitative estimate of drug-likeness (QED) is 0.488. The largest absolute Gasteiger partial charge is 2.00 e. The van der Waals surface area contributed by atoms with Crippen molar-refractivity contribution in [2.45, 2.75) is 25.1 Å². The maximum Gasteiger partial charge on any atom is 2.00 e. The van der Waals surface area contributed by atoms with Gasteiger partial charge in [-0.15, -0.1) is 0 Å². The predicted molar refractivity (Wildman–Crippen MR) is 47.4 cm³/mol. The van der Waals surface area contributed by atoms with Crippen LogP contribution in [0.3, 0.4) is 0 Å². The van der Waals surface area contributed by atoms with E-state index in [9.17, 15) is 13.2 Å². The Bertz CT molecular complexity index is 246. The van der Waals surface area contributed by atoms with Gasteiger partial charge in [-0.3, -0.25) is 4.55 Å². The van der Waals surface area contributed by atoms with E-state index < -0.39 is 15.5 Å². The molecule has 0 aromatic heterocycles. The second-order valence-corrected chi connectivity index (χ2v) is 3.93. The van der Waals surface area contributed by atoms with Crippen molar-refractivity contribution in [3.05, 3.63) is 0 Å². The van der Waals surface area contributed by atoms with Gasteiger partial charge in [-0.1, -0.05) is 0 Å². The normalized spacial score (nSPS) is 13.2. The van der Waals surface area contributed by atoms with Crippen molar-refractivity contribution < 1.29 is 20.6 Å². The molecule has 0 radical (unpaired) electrons. The molecule has 0 heterocycles. The fourth-order valence-corrected chi connectivity index (χ4v) is 0.910. The average Bonchev–Trinajstić information content (AvgIpc) is 1.80. The van der Waals surface area contributed by atoms with Gasteiger partial charge in [0.05, 0.1) is 0 Å². The van der Waals surface area contributed by atoms with Crippen LogP contribution in [0.1, 0.15) is 22.6 Å². The maximum atomic E-state index is 10.3. The molecule has 3 N–H and O–H groups in total. The molecule has 0 aliphatic heterocycles. The molecule has 0 rings (SSSR count). The Labute approximate surface area is 104 Å². The molecule has 1 atom stereocenters. The van der Waals surface area contributed by atoms with Crippen molar-refractivity contribution in [1.82, 2.24) is 0 Å². The number of Topliss-reactive ketones (excluding diaryl/α,β-unsaturated/α-hetero) is 1. The van der Waals surface area contributed by atoms with Crippen molar-refractivity contribution in [2.24, 2.45) is 5.73 Å². The van der Waals surface area contributed by atoms with E-state index in [2.05, 4.69) is 0 Å². The smallest absolute Gasteiger partial charge is 1.00 e. The number of nitrogens with two attached hydrogens (primary N) is 1. The van der Waals surface area contributed by atoms with Crippen molar-refractivity contribution in [3.63, 3.8) is 0 Å². The summed E-state index contributed by atoms with van der Waals surface area (Å²) in [5, 5.41) is -1.34. The van der Waals surface area contributed by atoms with Crippen LogP contribution < -0.4 is 5.73 Å². The van der Waals surface area contributed by atoms with Crippen LogP contribution in [0.2, 0.25) is 0 Å². The summed E-state index contributed by atoms with van der Waals surface area (Å²) < 4.78 is 28.9. The Morgan fingerprint density at radius 3 is 2.33 bits per heavy atom. The molecule has 0 saturated heterocycles. The minimum Gasteiger partial charge on any atom is -1.00 e. The molecule has 5 nitrogen and oxygen atoms in total. The molecule has 1 unspecified atom stereocenters. The zero-order valence-corrected chi connectivity index (χ0v) is 9.88. The molecule has 0 saturated carbocycles. The van der Waals surface area contributed by atoms with E-state index in [0.717, 1.165) is 0 Å². The summed E-state index contributed by atoms with van der Waals surface area (Å²) >= 11 is 0. The molecule has 0 aliphatic rings. The van der Waals surface area contributed by atoms with E-state index in [-0.39, 0.29) is 59.2 Å². The molecule has 0 aliphatic carbocycles. The van der Waals surface area contributed by atoms with Gasteiger partial charge in [-0.2, -0.15) is 8.42 Å². The van der Waals surface area contributed by atoms with Crippen molar-refractivity contribution in [2.75, 3.05) is 0 Å². The molecule has 0 aromatic carbocycles. The van der Waals surface area contributed by atoms with Gasteiger partial charge in [0.15, 0.2) is 0 Å². The first kappa shape index (κ1) is 15.3. The van der Waals surface area contributed by atoms with Gasteiger partial charge in [0.2, 0.25) is 0 Å². The van der Waals surface area contributed by atoms with E-state index >= 15 is 0 Å². The van der Waals surface area contributed by atoms with Crippen molar-refractivity contribution >= 4 is 53.6 Å². The van der Waals surface area contributed by atoms with Crippen LogP contribution in [0.4, 0.5) is 0 Å². The van der Waals surface area contributed by atoms with Crippen LogP contribution in [0.25, 0.3) is 0 Å². The van der Waals surface area contributed by atoms with Crippen LogP contribution in [-0.2, 0) is 14.9 Å². The third-order valence-corrected chi connectivity index (χ3v) is 2.16. The second kappa shape index (κ2) is 6.28. The van der Waals surface area contributed by atoms with Gasteiger partial charge in [0.1, 0.15) is 11.2 Å². The minimum absolute atomic E-state index is 0. The average molecular weight is 223 g/mol. The molecule has 0 amide bonds. The Balaban J connectivity index is -0.000000167. The Kier molecular flexibility index (Phi) is 8.00. The topological polar surface area (TPSA) is 97.5 Å². The van der Waals surface area contributed by atoms with Crippen LogP contribution in [0.5, 0.6) is 0 Å². The first-order valence-electron chi connectivity index (χ1n) is 3.05. The van der Waals surface area contributed by atoms with Gasteiger partial charge in [0, 0.05) is 6.42 Å². The number of ketones is 1. The van der Waals surface area contributed by atoms with E-state index in [0.29, 0.717) is 0 Å². The van der Waals surface area contributed by atoms with Crippen LogP contribution in [0.15, 0.2) is 0 Å². The summed E-state index contributed by atoms with van der Waals surface area (Å²) in [4.78, 5) is 10.3. The van der Waals surface area contributed by atoms with Crippen molar-refractivity contribution in [3.8, 4) is 0 Å². The van der Waals surface area contributed by atoms with Crippen LogP contribution in [-0.4, -0.2) is 61.9 Å². The van der Waals surface area contributed by atoms with Crippen LogP contribution in [0, 0.1) is 0 Å². The molecule has 0 aromatic rings. The fourth-order valence-electron chi connectivity index (χ4n) is 0.494. The third kappa shape index (κ3) is 7.45. The fraction of sp³-hybridized carbons (Fsp3) is 0.800. The van der Waals surface area contributed by atoms with Gasteiger partial charge >= 0.3 is 37.7 Å². The number of hydrogen-bond donors (Lipinski definition) is 2. The van der Waals surface area contributed by atoms with Gasteiger partial charge < -0.3 is 13.4 Å². The zero-order valence-electron chi connectivity index (χ0n) is 8.86. The first-order chi connectivity index (χ1) is 4.84. The minimum atomic E-state index is -4.17. The SMILES string of the molecule is CC(=O)CCC(N)S(=O)(=O)O.[Ca+2].[H-].[H-]. The molecule has 0 bridgehead atoms. The monoisotopic (exact) mass is 223 g/mol. The molecule has 0 spiro atoms. The summed E-state index contributed by atoms with van der Waals surface area (Å²) in [6.45, 7) is 1.33. The number of rotatable bonds is 4. The molecule has 0 fully saturated rings. The summed E-state index contributed by atoms with van der Waals surface area (Å²) in [6, 6.07) is 0. The Morgan fingerprint density at radius 2 is 2.08 bits per heavy atom. The Hall–Kier alpha value is 0.800. The summed E-state index contributed by atoms with van der Waals surface area (Å²) in [7, 11) is -4.17. The second-order valence-electron chi connectivity index (χ2n) is 2.29. The maximum absolute atomic E-state index is 10.3. The van der Waals surface area contributed by atoms with E-state index in [4.69, 9.17) is 10.3 Å². The van der Waals surface area contributed by atoms with Gasteiger partial charge in [0.25, 0.3) is 10.1 Å². The van der Waals surface area contributed by atoms with Gasteiger partial charge in [-0.05, 0) is 13.3 Å². The first-order valence-corrected chi connectivity index (χ1v) is 4.55. The predicted octanol–water partition coefficient (Wildman–Crippen LogP) is -0.628. The van der Waals surface area contributed by atoms with Crippen molar-refractivity contribution in [1.29, 1.82) is 0 Å². The zero-order chi connectivity index (χ0) is 9.07.